The van der Waals surface area contributed by atoms with Crippen LogP contribution in [0.4, 0.5) is 24.5 Å². The van der Waals surface area contributed by atoms with Crippen molar-refractivity contribution >= 4 is 38.9 Å². The fourth-order valence-corrected chi connectivity index (χ4v) is 5.05. The van der Waals surface area contributed by atoms with Crippen LogP contribution in [0.15, 0.2) is 47.4 Å². The summed E-state index contributed by atoms with van der Waals surface area (Å²) in [5.74, 6) is -0.558. The van der Waals surface area contributed by atoms with Crippen LogP contribution >= 0.6 is 11.6 Å². The van der Waals surface area contributed by atoms with Crippen molar-refractivity contribution in [2.75, 3.05) is 36.4 Å². The zero-order valence-corrected chi connectivity index (χ0v) is 17.6. The molecule has 2 aromatic carbocycles. The second kappa shape index (κ2) is 7.88. The standard InChI is InChI=1S/C19H18ClF3N4O3S/c20-13-2-1-3-14(11-13)26-6-8-27(9-7-26)18(28)17-24-15-10-12(19(21,22)23)4-5-16(15)31(29,30)25-17/h1-5,10-11,17,24-25H,6-9H2/t17-/m1/s1. The van der Waals surface area contributed by atoms with Crippen LogP contribution in [0.25, 0.3) is 0 Å². The van der Waals surface area contributed by atoms with E-state index >= 15 is 0 Å². The quantitative estimate of drug-likeness (QED) is 0.699. The summed E-state index contributed by atoms with van der Waals surface area (Å²) >= 11 is 6.02. The van der Waals surface area contributed by atoms with E-state index in [1.54, 1.807) is 6.07 Å². The normalized spacial score (nSPS) is 20.7. The largest absolute Gasteiger partial charge is 0.416 e. The molecule has 0 saturated carbocycles. The highest BCUT2D eigenvalue weighted by molar-refractivity contribution is 7.89. The molecule has 2 aliphatic heterocycles. The summed E-state index contributed by atoms with van der Waals surface area (Å²) in [6.07, 6.45) is -6.03. The Balaban J connectivity index is 1.49. The Labute approximate surface area is 181 Å². The molecule has 1 amide bonds. The third kappa shape index (κ3) is 4.43. The van der Waals surface area contributed by atoms with Gasteiger partial charge in [-0.2, -0.15) is 17.9 Å². The third-order valence-electron chi connectivity index (χ3n) is 5.18. The predicted molar refractivity (Wildman–Crippen MR) is 109 cm³/mol. The number of nitrogens with one attached hydrogen (secondary N) is 2. The van der Waals surface area contributed by atoms with Crippen molar-refractivity contribution in [3.05, 3.63) is 53.1 Å². The molecular weight excluding hydrogens is 457 g/mol. The molecule has 1 saturated heterocycles. The smallest absolute Gasteiger partial charge is 0.368 e. The van der Waals surface area contributed by atoms with Crippen LogP contribution in [0.5, 0.6) is 0 Å². The van der Waals surface area contributed by atoms with Crippen LogP contribution in [-0.2, 0) is 21.0 Å². The summed E-state index contributed by atoms with van der Waals surface area (Å²) in [7, 11) is -4.15. The monoisotopic (exact) mass is 474 g/mol. The van der Waals surface area contributed by atoms with Gasteiger partial charge in [-0.05, 0) is 36.4 Å². The Morgan fingerprint density at radius 3 is 2.42 bits per heavy atom. The van der Waals surface area contributed by atoms with Gasteiger partial charge in [-0.25, -0.2) is 8.42 Å². The van der Waals surface area contributed by atoms with E-state index in [1.165, 1.54) is 4.90 Å². The minimum atomic E-state index is -4.64. The van der Waals surface area contributed by atoms with E-state index in [4.69, 9.17) is 11.6 Å². The Bertz CT molecular complexity index is 1120. The highest BCUT2D eigenvalue weighted by Gasteiger charge is 2.38. The van der Waals surface area contributed by atoms with Crippen molar-refractivity contribution in [2.24, 2.45) is 0 Å². The van der Waals surface area contributed by atoms with Crippen molar-refractivity contribution in [1.29, 1.82) is 0 Å². The molecule has 1 atom stereocenters. The van der Waals surface area contributed by atoms with Gasteiger partial charge in [0.15, 0.2) is 6.17 Å². The molecule has 0 aromatic heterocycles. The molecule has 0 bridgehead atoms. The van der Waals surface area contributed by atoms with Gasteiger partial charge in [-0.3, -0.25) is 4.79 Å². The van der Waals surface area contributed by atoms with Gasteiger partial charge < -0.3 is 15.1 Å². The van der Waals surface area contributed by atoms with Gasteiger partial charge in [0.25, 0.3) is 5.91 Å². The van der Waals surface area contributed by atoms with Gasteiger partial charge in [-0.15, -0.1) is 0 Å². The number of amides is 1. The third-order valence-corrected chi connectivity index (χ3v) is 6.90. The topological polar surface area (TPSA) is 81.7 Å². The first-order valence-electron chi connectivity index (χ1n) is 9.34. The summed E-state index contributed by atoms with van der Waals surface area (Å²) in [6, 6.07) is 9.55. The minimum absolute atomic E-state index is 0.260. The number of carbonyl (C=O) groups is 1. The fraction of sp³-hybridized carbons (Fsp3) is 0.316. The van der Waals surface area contributed by atoms with E-state index in [1.807, 2.05) is 23.1 Å². The van der Waals surface area contributed by atoms with Crippen LogP contribution in [0, 0.1) is 0 Å². The average Bonchev–Trinajstić information content (AvgIpc) is 2.72. The Morgan fingerprint density at radius 1 is 1.06 bits per heavy atom. The van der Waals surface area contributed by atoms with Crippen molar-refractivity contribution in [1.82, 2.24) is 9.62 Å². The highest BCUT2D eigenvalue weighted by atomic mass is 35.5. The van der Waals surface area contributed by atoms with Crippen LogP contribution < -0.4 is 14.9 Å². The number of fused-ring (bicyclic) bond motifs is 1. The summed E-state index contributed by atoms with van der Waals surface area (Å²) < 4.78 is 66.2. The van der Waals surface area contributed by atoms with Crippen molar-refractivity contribution in [2.45, 2.75) is 17.2 Å². The molecule has 1 fully saturated rings. The number of carbonyl (C=O) groups excluding carboxylic acids is 1. The molecule has 31 heavy (non-hydrogen) atoms. The van der Waals surface area contributed by atoms with Crippen LogP contribution in [0.2, 0.25) is 5.02 Å². The first-order chi connectivity index (χ1) is 14.5. The van der Waals surface area contributed by atoms with Gasteiger partial charge in [-0.1, -0.05) is 17.7 Å². The maximum atomic E-state index is 13.0. The lowest BCUT2D eigenvalue weighted by atomic mass is 10.2. The summed E-state index contributed by atoms with van der Waals surface area (Å²) in [5.41, 5.74) is -0.355. The van der Waals surface area contributed by atoms with E-state index in [9.17, 15) is 26.4 Å². The van der Waals surface area contributed by atoms with Crippen molar-refractivity contribution in [3.8, 4) is 0 Å². The fourth-order valence-electron chi connectivity index (χ4n) is 3.61. The predicted octanol–water partition coefficient (Wildman–Crippen LogP) is 2.74. The number of nitrogens with zero attached hydrogens (tertiary/aromatic N) is 2. The minimum Gasteiger partial charge on any atom is -0.368 e. The molecule has 166 valence electrons. The molecule has 0 radical (unpaired) electrons. The molecule has 0 aliphatic carbocycles. The van der Waals surface area contributed by atoms with Gasteiger partial charge >= 0.3 is 6.18 Å². The number of hydrogen-bond donors (Lipinski definition) is 2. The number of piperazine rings is 1. The van der Waals surface area contributed by atoms with Crippen LogP contribution in [0.1, 0.15) is 5.56 Å². The highest BCUT2D eigenvalue weighted by Crippen LogP contribution is 2.35. The molecule has 0 spiro atoms. The number of halogens is 4. The number of benzene rings is 2. The summed E-state index contributed by atoms with van der Waals surface area (Å²) in [5, 5.41) is 3.19. The Hall–Kier alpha value is -2.50. The molecule has 2 aliphatic rings. The lowest BCUT2D eigenvalue weighted by molar-refractivity contribution is -0.137. The number of hydrogen-bond acceptors (Lipinski definition) is 5. The maximum Gasteiger partial charge on any atom is 0.416 e. The van der Waals surface area contributed by atoms with E-state index in [-0.39, 0.29) is 10.6 Å². The van der Waals surface area contributed by atoms with Gasteiger partial charge in [0.05, 0.1) is 11.3 Å². The van der Waals surface area contributed by atoms with Gasteiger partial charge in [0.2, 0.25) is 10.0 Å². The zero-order valence-electron chi connectivity index (χ0n) is 16.0. The van der Waals surface area contributed by atoms with E-state index < -0.39 is 33.8 Å². The molecule has 2 heterocycles. The van der Waals surface area contributed by atoms with Crippen molar-refractivity contribution in [3.63, 3.8) is 0 Å². The molecule has 12 heteroatoms. The van der Waals surface area contributed by atoms with Crippen LogP contribution in [0.3, 0.4) is 0 Å². The van der Waals surface area contributed by atoms with Crippen molar-refractivity contribution < 1.29 is 26.4 Å². The average molecular weight is 475 g/mol. The molecule has 0 unspecified atom stereocenters. The molecule has 4 rings (SSSR count). The number of anilines is 2. The summed E-state index contributed by atoms with van der Waals surface area (Å²) in [4.78, 5) is 16.1. The number of alkyl halides is 3. The molecular formula is C19H18ClF3N4O3S. The second-order valence-electron chi connectivity index (χ2n) is 7.20. The molecule has 7 nitrogen and oxygen atoms in total. The van der Waals surface area contributed by atoms with E-state index in [2.05, 4.69) is 10.0 Å². The Kier molecular flexibility index (Phi) is 5.52. The second-order valence-corrected chi connectivity index (χ2v) is 9.32. The lowest BCUT2D eigenvalue weighted by Crippen LogP contribution is -2.58. The molecule has 2 N–H and O–H groups in total. The Morgan fingerprint density at radius 2 is 1.77 bits per heavy atom. The van der Waals surface area contributed by atoms with E-state index in [0.717, 1.165) is 11.8 Å². The first-order valence-corrected chi connectivity index (χ1v) is 11.2. The maximum absolute atomic E-state index is 13.0. The molecule has 2 aromatic rings. The SMILES string of the molecule is O=C([C@@H]1Nc2cc(C(F)(F)F)ccc2S(=O)(=O)N1)N1CCN(c2cccc(Cl)c2)CC1. The lowest BCUT2D eigenvalue weighted by Gasteiger charge is -2.38. The van der Waals surface area contributed by atoms with Gasteiger partial charge in [0.1, 0.15) is 4.90 Å². The first kappa shape index (κ1) is 21.7. The van der Waals surface area contributed by atoms with E-state index in [0.29, 0.717) is 43.3 Å². The van der Waals surface area contributed by atoms with Crippen LogP contribution in [-0.4, -0.2) is 51.6 Å². The number of rotatable bonds is 2. The van der Waals surface area contributed by atoms with Gasteiger partial charge in [0, 0.05) is 36.9 Å². The number of sulfonamides is 1. The zero-order chi connectivity index (χ0) is 22.4. The summed E-state index contributed by atoms with van der Waals surface area (Å²) in [6.45, 7) is 1.64.